The first-order valence-corrected chi connectivity index (χ1v) is 9.49. The van der Waals surface area contributed by atoms with Crippen LogP contribution in [0.15, 0.2) is 48.5 Å². The zero-order valence-corrected chi connectivity index (χ0v) is 15.7. The maximum absolute atomic E-state index is 12.3. The molecule has 0 N–H and O–H groups in total. The Morgan fingerprint density at radius 3 is 2.58 bits per heavy atom. The van der Waals surface area contributed by atoms with Gasteiger partial charge in [-0.1, -0.05) is 42.0 Å². The van der Waals surface area contributed by atoms with E-state index in [1.807, 2.05) is 43.3 Å². The van der Waals surface area contributed by atoms with Gasteiger partial charge in [0.25, 0.3) is 0 Å². The van der Waals surface area contributed by atoms with Gasteiger partial charge >= 0.3 is 5.97 Å². The fourth-order valence-electron chi connectivity index (χ4n) is 2.67. The molecule has 0 fully saturated rings. The first-order chi connectivity index (χ1) is 12.5. The zero-order chi connectivity index (χ0) is 18.5. The monoisotopic (exact) mass is 367 g/mol. The highest BCUT2D eigenvalue weighted by Crippen LogP contribution is 2.22. The van der Waals surface area contributed by atoms with Crippen molar-refractivity contribution < 1.29 is 14.3 Å². The average Bonchev–Trinajstić information content (AvgIpc) is 3.04. The average molecular weight is 367 g/mol. The largest absolute Gasteiger partial charge is 0.454 e. The van der Waals surface area contributed by atoms with Gasteiger partial charge in [0.1, 0.15) is 0 Å². The molecule has 5 heteroatoms. The normalized spacial score (nSPS) is 12.1. The number of esters is 1. The molecule has 26 heavy (non-hydrogen) atoms. The summed E-state index contributed by atoms with van der Waals surface area (Å²) in [6.07, 6.45) is 0.896. The molecule has 0 aliphatic carbocycles. The molecule has 0 spiro atoms. The number of aryl methyl sites for hydroxylation is 2. The Balaban J connectivity index is 1.47. The second kappa shape index (κ2) is 8.23. The Hall–Kier alpha value is -2.53. The molecule has 0 amide bonds. The van der Waals surface area contributed by atoms with Crippen LogP contribution in [0.25, 0.3) is 10.2 Å². The van der Waals surface area contributed by atoms with Gasteiger partial charge in [-0.2, -0.15) is 0 Å². The number of thiazole rings is 1. The lowest BCUT2D eigenvalue weighted by atomic mass is 10.1. The van der Waals surface area contributed by atoms with Crippen LogP contribution in [-0.4, -0.2) is 22.8 Å². The van der Waals surface area contributed by atoms with Gasteiger partial charge in [0.2, 0.25) is 5.78 Å². The Bertz CT molecular complexity index is 881. The Kier molecular flexibility index (Phi) is 5.78. The number of nitrogens with zero attached hydrogens (tertiary/aromatic N) is 1. The minimum atomic E-state index is -0.771. The summed E-state index contributed by atoms with van der Waals surface area (Å²) in [5.41, 5.74) is 2.64. The molecular formula is C21H21NO3S. The van der Waals surface area contributed by atoms with Gasteiger partial charge in [0.15, 0.2) is 6.10 Å². The van der Waals surface area contributed by atoms with E-state index in [0.29, 0.717) is 12.0 Å². The smallest absolute Gasteiger partial charge is 0.306 e. The maximum atomic E-state index is 12.3. The van der Waals surface area contributed by atoms with Gasteiger partial charge in [0.05, 0.1) is 15.2 Å². The fraction of sp³-hybridized carbons (Fsp3) is 0.286. The van der Waals surface area contributed by atoms with E-state index in [-0.39, 0.29) is 18.2 Å². The van der Waals surface area contributed by atoms with E-state index in [4.69, 9.17) is 4.74 Å². The third kappa shape index (κ3) is 4.55. The highest BCUT2D eigenvalue weighted by Gasteiger charge is 2.19. The third-order valence-corrected chi connectivity index (χ3v) is 5.22. The molecule has 4 nitrogen and oxygen atoms in total. The fourth-order valence-corrected chi connectivity index (χ4v) is 3.68. The number of aromatic nitrogens is 1. The first-order valence-electron chi connectivity index (χ1n) is 8.68. The van der Waals surface area contributed by atoms with E-state index >= 15 is 0 Å². The summed E-state index contributed by atoms with van der Waals surface area (Å²) in [6.45, 7) is 3.58. The minimum Gasteiger partial charge on any atom is -0.454 e. The number of hydrogen-bond donors (Lipinski definition) is 0. The molecular weight excluding hydrogens is 346 g/mol. The predicted octanol–water partition coefficient (Wildman–Crippen LogP) is 4.74. The summed E-state index contributed by atoms with van der Waals surface area (Å²) in [5, 5.41) is 1.02. The van der Waals surface area contributed by atoms with Crippen molar-refractivity contribution in [1.82, 2.24) is 4.98 Å². The third-order valence-electron chi connectivity index (χ3n) is 4.12. The molecule has 0 aliphatic heterocycles. The van der Waals surface area contributed by atoms with Crippen molar-refractivity contribution in [2.24, 2.45) is 0 Å². The van der Waals surface area contributed by atoms with Crippen LogP contribution in [0.1, 0.15) is 40.7 Å². The van der Waals surface area contributed by atoms with Crippen LogP contribution < -0.4 is 0 Å². The highest BCUT2D eigenvalue weighted by atomic mass is 32.1. The molecule has 1 aromatic heterocycles. The van der Waals surface area contributed by atoms with Gasteiger partial charge in [-0.25, -0.2) is 4.98 Å². The number of ketones is 1. The van der Waals surface area contributed by atoms with Crippen LogP contribution in [0.2, 0.25) is 0 Å². The molecule has 134 valence electrons. The van der Waals surface area contributed by atoms with E-state index in [1.54, 1.807) is 30.4 Å². The minimum absolute atomic E-state index is 0.176. The number of fused-ring (bicyclic) bond motifs is 1. The van der Waals surface area contributed by atoms with Gasteiger partial charge in [-0.15, -0.1) is 11.3 Å². The van der Waals surface area contributed by atoms with Crippen LogP contribution >= 0.6 is 11.3 Å². The van der Waals surface area contributed by atoms with Crippen LogP contribution in [0.3, 0.4) is 0 Å². The summed E-state index contributed by atoms with van der Waals surface area (Å²) in [6, 6.07) is 15.3. The van der Waals surface area contributed by atoms with Crippen molar-refractivity contribution in [2.75, 3.05) is 0 Å². The Morgan fingerprint density at radius 2 is 1.85 bits per heavy atom. The van der Waals surface area contributed by atoms with Gasteiger partial charge in [-0.05, 0) is 38.8 Å². The topological polar surface area (TPSA) is 56.3 Å². The van der Waals surface area contributed by atoms with Crippen LogP contribution in [0.5, 0.6) is 0 Å². The molecule has 3 rings (SSSR count). The van der Waals surface area contributed by atoms with E-state index in [1.165, 1.54) is 0 Å². The summed E-state index contributed by atoms with van der Waals surface area (Å²) in [7, 11) is 0. The van der Waals surface area contributed by atoms with Crippen LogP contribution in [0.4, 0.5) is 0 Å². The van der Waals surface area contributed by atoms with Crippen molar-refractivity contribution in [3.8, 4) is 0 Å². The van der Waals surface area contributed by atoms with Crippen LogP contribution in [0, 0.1) is 6.92 Å². The lowest BCUT2D eigenvalue weighted by Gasteiger charge is -2.12. The number of ether oxygens (including phenoxy) is 1. The number of para-hydroxylation sites is 1. The van der Waals surface area contributed by atoms with Crippen molar-refractivity contribution in [3.05, 3.63) is 64.7 Å². The lowest BCUT2D eigenvalue weighted by Crippen LogP contribution is -2.24. The standard InChI is InChI=1S/C21H21NO3S/c1-14-10-12-16(13-11-14)21(24)15(2)25-20(23)9-5-8-19-22-17-6-3-4-7-18(17)26-19/h3-4,6-7,10-13,15H,5,8-9H2,1-2H3/t15-/m1/s1. The van der Waals surface area contributed by atoms with Crippen molar-refractivity contribution in [1.29, 1.82) is 0 Å². The summed E-state index contributed by atoms with van der Waals surface area (Å²) < 4.78 is 6.44. The quantitative estimate of drug-likeness (QED) is 0.447. The molecule has 0 saturated heterocycles. The van der Waals surface area contributed by atoms with Gasteiger partial charge in [-0.3, -0.25) is 9.59 Å². The molecule has 1 atom stereocenters. The molecule has 0 aliphatic rings. The number of benzene rings is 2. The Morgan fingerprint density at radius 1 is 1.12 bits per heavy atom. The zero-order valence-electron chi connectivity index (χ0n) is 14.9. The molecule has 0 saturated carbocycles. The van der Waals surface area contributed by atoms with Crippen molar-refractivity contribution in [3.63, 3.8) is 0 Å². The summed E-state index contributed by atoms with van der Waals surface area (Å²) in [4.78, 5) is 28.9. The maximum Gasteiger partial charge on any atom is 0.306 e. The van der Waals surface area contributed by atoms with Crippen LogP contribution in [-0.2, 0) is 16.0 Å². The number of Topliss-reactive ketones (excluding diaryl/α,β-unsaturated/α-hetero) is 1. The van der Waals surface area contributed by atoms with E-state index in [0.717, 1.165) is 27.2 Å². The SMILES string of the molecule is Cc1ccc(C(=O)[C@@H](C)OC(=O)CCCc2nc3ccccc3s2)cc1. The van der Waals surface area contributed by atoms with Crippen molar-refractivity contribution >= 4 is 33.3 Å². The summed E-state index contributed by atoms with van der Waals surface area (Å²) in [5.74, 6) is -0.524. The molecule has 0 radical (unpaired) electrons. The van der Waals surface area contributed by atoms with E-state index in [9.17, 15) is 9.59 Å². The number of rotatable bonds is 7. The van der Waals surface area contributed by atoms with E-state index in [2.05, 4.69) is 4.98 Å². The number of carbonyl (C=O) groups excluding carboxylic acids is 2. The summed E-state index contributed by atoms with van der Waals surface area (Å²) >= 11 is 1.65. The molecule has 0 unspecified atom stereocenters. The molecule has 2 aromatic carbocycles. The molecule has 0 bridgehead atoms. The number of hydrogen-bond acceptors (Lipinski definition) is 5. The van der Waals surface area contributed by atoms with Gasteiger partial charge in [0, 0.05) is 12.0 Å². The highest BCUT2D eigenvalue weighted by molar-refractivity contribution is 7.18. The molecule has 3 aromatic rings. The lowest BCUT2D eigenvalue weighted by molar-refractivity contribution is -0.146. The Labute approximate surface area is 156 Å². The second-order valence-electron chi connectivity index (χ2n) is 6.29. The van der Waals surface area contributed by atoms with Crippen molar-refractivity contribution in [2.45, 2.75) is 39.2 Å². The van der Waals surface area contributed by atoms with E-state index < -0.39 is 6.10 Å². The van der Waals surface area contributed by atoms with Gasteiger partial charge < -0.3 is 4.74 Å². The predicted molar refractivity (Wildman–Crippen MR) is 104 cm³/mol. The first kappa shape index (κ1) is 18.3. The second-order valence-corrected chi connectivity index (χ2v) is 7.41. The molecule has 1 heterocycles. The number of carbonyl (C=O) groups is 2.